The molecule has 2 aromatic heterocycles. The summed E-state index contributed by atoms with van der Waals surface area (Å²) in [5.41, 5.74) is 3.24. The van der Waals surface area contributed by atoms with Gasteiger partial charge in [0.05, 0.1) is 16.3 Å². The molecule has 0 atom stereocenters. The van der Waals surface area contributed by atoms with Gasteiger partial charge in [-0.1, -0.05) is 46.7 Å². The molecule has 0 fully saturated rings. The molecule has 0 bridgehead atoms. The zero-order valence-corrected chi connectivity index (χ0v) is 18.9. The van der Waals surface area contributed by atoms with Crippen LogP contribution in [0.15, 0.2) is 60.7 Å². The summed E-state index contributed by atoms with van der Waals surface area (Å²) in [6.45, 7) is 0. The lowest BCUT2D eigenvalue weighted by Gasteiger charge is -2.06. The Morgan fingerprint density at radius 2 is 1.64 bits per heavy atom. The Morgan fingerprint density at radius 3 is 2.33 bits per heavy atom. The first kappa shape index (κ1) is 21.1. The molecule has 3 aromatic carbocycles. The number of hydrogen-bond acceptors (Lipinski definition) is 7. The number of amides is 2. The van der Waals surface area contributed by atoms with Crippen molar-refractivity contribution in [1.29, 1.82) is 0 Å². The molecule has 0 unspecified atom stereocenters. The van der Waals surface area contributed by atoms with Crippen LogP contribution in [0.25, 0.3) is 27.3 Å². The van der Waals surface area contributed by atoms with Gasteiger partial charge in [-0.25, -0.2) is 4.79 Å². The molecule has 0 saturated carbocycles. The second-order valence-corrected chi connectivity index (χ2v) is 8.62. The van der Waals surface area contributed by atoms with Crippen molar-refractivity contribution >= 4 is 62.4 Å². The SMILES string of the molecule is O=C(Nc1ccc(-n2nc3ccccc3n2)cc1)Nc1nnc(-c2cc(Cl)cc(Cl)c2O)s1. The molecule has 5 aromatic rings. The van der Waals surface area contributed by atoms with Crippen LogP contribution in [-0.2, 0) is 0 Å². The summed E-state index contributed by atoms with van der Waals surface area (Å²) in [6, 6.07) is 17.1. The van der Waals surface area contributed by atoms with E-state index in [0.717, 1.165) is 28.1 Å². The van der Waals surface area contributed by atoms with E-state index in [-0.39, 0.29) is 15.9 Å². The number of rotatable bonds is 4. The van der Waals surface area contributed by atoms with E-state index in [0.29, 0.717) is 21.3 Å². The molecule has 2 heterocycles. The van der Waals surface area contributed by atoms with Gasteiger partial charge in [0.2, 0.25) is 5.13 Å². The maximum atomic E-state index is 12.4. The van der Waals surface area contributed by atoms with Gasteiger partial charge in [0.15, 0.2) is 5.01 Å². The topological polar surface area (TPSA) is 118 Å². The molecular weight excluding hydrogens is 485 g/mol. The van der Waals surface area contributed by atoms with Gasteiger partial charge >= 0.3 is 6.03 Å². The Hall–Kier alpha value is -3.73. The van der Waals surface area contributed by atoms with Crippen molar-refractivity contribution in [3.05, 3.63) is 70.7 Å². The number of anilines is 2. The molecule has 0 saturated heterocycles. The standard InChI is InChI=1S/C21H13Cl2N7O2S/c22-11-9-14(18(31)15(23)10-11)19-26-27-21(33-19)25-20(32)24-12-5-7-13(8-6-12)30-28-16-3-1-2-4-17(16)29-30/h1-10,31H,(H2,24,25,27,32). The zero-order chi connectivity index (χ0) is 22.9. The predicted molar refractivity (Wildman–Crippen MR) is 129 cm³/mol. The molecule has 0 aliphatic carbocycles. The molecule has 164 valence electrons. The number of halogens is 2. The summed E-state index contributed by atoms with van der Waals surface area (Å²) in [5.74, 6) is -0.159. The van der Waals surface area contributed by atoms with Crippen molar-refractivity contribution in [1.82, 2.24) is 25.2 Å². The second-order valence-electron chi connectivity index (χ2n) is 6.80. The van der Waals surface area contributed by atoms with E-state index in [1.54, 1.807) is 24.3 Å². The summed E-state index contributed by atoms with van der Waals surface area (Å²) in [7, 11) is 0. The summed E-state index contributed by atoms with van der Waals surface area (Å²) in [5, 5.41) is 33.3. The van der Waals surface area contributed by atoms with Crippen LogP contribution in [0.5, 0.6) is 5.75 Å². The predicted octanol–water partition coefficient (Wildman–Crippen LogP) is 5.60. The molecule has 9 nitrogen and oxygen atoms in total. The Bertz CT molecular complexity index is 1450. The molecule has 0 aliphatic heterocycles. The number of urea groups is 1. The lowest BCUT2D eigenvalue weighted by atomic mass is 10.2. The van der Waals surface area contributed by atoms with Crippen molar-refractivity contribution < 1.29 is 9.90 Å². The van der Waals surface area contributed by atoms with E-state index in [4.69, 9.17) is 23.2 Å². The molecular formula is C21H13Cl2N7O2S. The smallest absolute Gasteiger partial charge is 0.325 e. The highest BCUT2D eigenvalue weighted by molar-refractivity contribution is 7.18. The quantitative estimate of drug-likeness (QED) is 0.297. The summed E-state index contributed by atoms with van der Waals surface area (Å²) in [6.07, 6.45) is 0. The lowest BCUT2D eigenvalue weighted by molar-refractivity contribution is 0.262. The molecule has 2 amide bonds. The number of benzene rings is 3. The Morgan fingerprint density at radius 1 is 0.939 bits per heavy atom. The number of aromatic hydroxyl groups is 1. The van der Waals surface area contributed by atoms with Crippen LogP contribution < -0.4 is 10.6 Å². The number of nitrogens with zero attached hydrogens (tertiary/aromatic N) is 5. The normalized spacial score (nSPS) is 11.0. The van der Waals surface area contributed by atoms with E-state index < -0.39 is 6.03 Å². The maximum absolute atomic E-state index is 12.4. The van der Waals surface area contributed by atoms with Gasteiger partial charge in [-0.3, -0.25) is 5.32 Å². The van der Waals surface area contributed by atoms with Gasteiger partial charge in [0.25, 0.3) is 0 Å². The number of nitrogens with one attached hydrogen (secondary N) is 2. The first-order valence-electron chi connectivity index (χ1n) is 9.49. The third kappa shape index (κ3) is 4.44. The summed E-state index contributed by atoms with van der Waals surface area (Å²) >= 11 is 13.0. The third-order valence-corrected chi connectivity index (χ3v) is 5.93. The number of hydrogen-bond donors (Lipinski definition) is 3. The average Bonchev–Trinajstić information content (AvgIpc) is 3.43. The number of fused-ring (bicyclic) bond motifs is 1. The Kier molecular flexibility index (Phi) is 5.55. The molecule has 33 heavy (non-hydrogen) atoms. The van der Waals surface area contributed by atoms with Crippen LogP contribution in [0.2, 0.25) is 10.0 Å². The summed E-state index contributed by atoms with van der Waals surface area (Å²) in [4.78, 5) is 13.9. The zero-order valence-electron chi connectivity index (χ0n) is 16.5. The minimum Gasteiger partial charge on any atom is -0.506 e. The minimum atomic E-state index is -0.498. The van der Waals surface area contributed by atoms with Crippen LogP contribution in [0, 0.1) is 0 Å². The van der Waals surface area contributed by atoms with Crippen LogP contribution in [0.4, 0.5) is 15.6 Å². The molecule has 5 rings (SSSR count). The fraction of sp³-hybridized carbons (Fsp3) is 0. The van der Waals surface area contributed by atoms with Gasteiger partial charge in [0, 0.05) is 10.7 Å². The number of phenols is 1. The van der Waals surface area contributed by atoms with E-state index in [2.05, 4.69) is 31.0 Å². The number of carbonyl (C=O) groups is 1. The minimum absolute atomic E-state index is 0.0989. The van der Waals surface area contributed by atoms with E-state index in [1.807, 2.05) is 24.3 Å². The molecule has 12 heteroatoms. The molecule has 3 N–H and O–H groups in total. The summed E-state index contributed by atoms with van der Waals surface area (Å²) < 4.78 is 0. The van der Waals surface area contributed by atoms with Crippen molar-refractivity contribution in [3.63, 3.8) is 0 Å². The van der Waals surface area contributed by atoms with E-state index in [9.17, 15) is 9.90 Å². The average molecular weight is 498 g/mol. The van der Waals surface area contributed by atoms with E-state index >= 15 is 0 Å². The second kappa shape index (κ2) is 8.66. The van der Waals surface area contributed by atoms with Crippen molar-refractivity contribution in [2.45, 2.75) is 0 Å². The van der Waals surface area contributed by atoms with Gasteiger partial charge in [-0.15, -0.1) is 20.4 Å². The molecule has 0 aliphatic rings. The first-order valence-corrected chi connectivity index (χ1v) is 11.1. The van der Waals surface area contributed by atoms with Crippen LogP contribution >= 0.6 is 34.5 Å². The van der Waals surface area contributed by atoms with Crippen LogP contribution in [0.3, 0.4) is 0 Å². The maximum Gasteiger partial charge on any atom is 0.325 e. The number of aromatic nitrogens is 5. The molecule has 0 radical (unpaired) electrons. The van der Waals surface area contributed by atoms with E-state index in [1.165, 1.54) is 16.9 Å². The Labute approximate surface area is 200 Å². The lowest BCUT2D eigenvalue weighted by Crippen LogP contribution is -2.19. The highest BCUT2D eigenvalue weighted by Crippen LogP contribution is 2.39. The van der Waals surface area contributed by atoms with Crippen molar-refractivity contribution in [3.8, 4) is 22.0 Å². The van der Waals surface area contributed by atoms with Crippen molar-refractivity contribution in [2.24, 2.45) is 0 Å². The van der Waals surface area contributed by atoms with Crippen molar-refractivity contribution in [2.75, 3.05) is 10.6 Å². The number of phenolic OH excluding ortho intramolecular Hbond substituents is 1. The highest BCUT2D eigenvalue weighted by atomic mass is 35.5. The largest absolute Gasteiger partial charge is 0.506 e. The van der Waals surface area contributed by atoms with Gasteiger partial charge in [-0.2, -0.15) is 4.80 Å². The number of carbonyl (C=O) groups excluding carboxylic acids is 1. The monoisotopic (exact) mass is 497 g/mol. The molecule has 0 spiro atoms. The first-order chi connectivity index (χ1) is 16.0. The highest BCUT2D eigenvalue weighted by Gasteiger charge is 2.16. The third-order valence-electron chi connectivity index (χ3n) is 4.55. The van der Waals surface area contributed by atoms with Gasteiger partial charge in [0.1, 0.15) is 16.8 Å². The fourth-order valence-electron chi connectivity index (χ4n) is 3.02. The fourth-order valence-corrected chi connectivity index (χ4v) is 4.27. The van der Waals surface area contributed by atoms with Gasteiger partial charge in [-0.05, 0) is 48.5 Å². The van der Waals surface area contributed by atoms with Crippen LogP contribution in [0.1, 0.15) is 0 Å². The Balaban J connectivity index is 1.26. The van der Waals surface area contributed by atoms with Crippen LogP contribution in [-0.4, -0.2) is 36.3 Å². The van der Waals surface area contributed by atoms with Gasteiger partial charge < -0.3 is 10.4 Å².